The highest BCUT2D eigenvalue weighted by molar-refractivity contribution is 5.75. The Labute approximate surface area is 121 Å². The first-order chi connectivity index (χ1) is 9.79. The Bertz CT molecular complexity index is 534. The average molecular weight is 270 g/mol. The van der Waals surface area contributed by atoms with Crippen molar-refractivity contribution in [3.8, 4) is 11.8 Å². The minimum Gasteiger partial charge on any atom is -0.376 e. The Morgan fingerprint density at radius 2 is 2.10 bits per heavy atom. The molecule has 0 aliphatic heterocycles. The van der Waals surface area contributed by atoms with Gasteiger partial charge >= 0.3 is 0 Å². The van der Waals surface area contributed by atoms with E-state index in [2.05, 4.69) is 49.1 Å². The van der Waals surface area contributed by atoms with Crippen molar-refractivity contribution in [2.45, 2.75) is 26.4 Å². The first kappa shape index (κ1) is 14.8. The lowest BCUT2D eigenvalue weighted by Gasteiger charge is -2.15. The molecule has 1 aromatic rings. The van der Waals surface area contributed by atoms with Crippen molar-refractivity contribution in [1.82, 2.24) is 0 Å². The second-order valence-corrected chi connectivity index (χ2v) is 4.96. The molecular weight excluding hydrogens is 248 g/mol. The fraction of sp³-hybridized carbons (Fsp3) is 0.444. The molecule has 0 spiro atoms. The Morgan fingerprint density at radius 1 is 1.30 bits per heavy atom. The van der Waals surface area contributed by atoms with Crippen molar-refractivity contribution in [2.75, 3.05) is 20.3 Å². The van der Waals surface area contributed by atoms with E-state index in [4.69, 9.17) is 9.47 Å². The Hall–Kier alpha value is -1.56. The van der Waals surface area contributed by atoms with Crippen molar-refractivity contribution in [3.05, 3.63) is 41.5 Å². The number of hydrogen-bond donors (Lipinski definition) is 0. The molecule has 0 amide bonds. The van der Waals surface area contributed by atoms with Crippen LogP contribution in [0.3, 0.4) is 0 Å². The lowest BCUT2D eigenvalue weighted by molar-refractivity contribution is 0.0831. The molecule has 0 bridgehead atoms. The van der Waals surface area contributed by atoms with Gasteiger partial charge in [0, 0.05) is 13.0 Å². The van der Waals surface area contributed by atoms with Crippen molar-refractivity contribution < 1.29 is 9.47 Å². The van der Waals surface area contributed by atoms with Gasteiger partial charge in [-0.05, 0) is 30.0 Å². The summed E-state index contributed by atoms with van der Waals surface area (Å²) in [7, 11) is 1.79. The van der Waals surface area contributed by atoms with E-state index >= 15 is 0 Å². The van der Waals surface area contributed by atoms with Crippen LogP contribution in [0.2, 0.25) is 0 Å². The molecule has 0 unspecified atom stereocenters. The minimum absolute atomic E-state index is 0.171. The normalized spacial score (nSPS) is 22.4. The van der Waals surface area contributed by atoms with Crippen LogP contribution < -0.4 is 0 Å². The molecule has 2 heteroatoms. The summed E-state index contributed by atoms with van der Waals surface area (Å²) >= 11 is 0. The van der Waals surface area contributed by atoms with E-state index in [0.29, 0.717) is 19.1 Å². The van der Waals surface area contributed by atoms with Crippen molar-refractivity contribution in [2.24, 2.45) is 5.92 Å². The zero-order valence-electron chi connectivity index (χ0n) is 12.5. The molecule has 0 heterocycles. The quantitative estimate of drug-likeness (QED) is 0.598. The first-order valence-electron chi connectivity index (χ1n) is 7.09. The van der Waals surface area contributed by atoms with E-state index in [1.165, 1.54) is 16.7 Å². The zero-order chi connectivity index (χ0) is 14.4. The van der Waals surface area contributed by atoms with Gasteiger partial charge < -0.3 is 9.47 Å². The summed E-state index contributed by atoms with van der Waals surface area (Å²) in [6.45, 7) is 5.29. The van der Waals surface area contributed by atoms with Crippen LogP contribution in [-0.2, 0) is 9.47 Å². The molecule has 0 fully saturated rings. The zero-order valence-corrected chi connectivity index (χ0v) is 12.5. The van der Waals surface area contributed by atoms with Crippen LogP contribution >= 0.6 is 0 Å². The molecule has 2 rings (SSSR count). The number of hydrogen-bond acceptors (Lipinski definition) is 2. The summed E-state index contributed by atoms with van der Waals surface area (Å²) in [4.78, 5) is 0. The number of rotatable bonds is 5. The van der Waals surface area contributed by atoms with Crippen LogP contribution in [0.15, 0.2) is 30.3 Å². The highest BCUT2D eigenvalue weighted by atomic mass is 16.5. The van der Waals surface area contributed by atoms with Crippen LogP contribution in [0.1, 0.15) is 37.5 Å². The maximum Gasteiger partial charge on any atom is 0.107 e. The Balaban J connectivity index is 2.05. The Morgan fingerprint density at radius 3 is 2.85 bits per heavy atom. The standard InChI is InChI=1S/C18H22O2/c1-4-5-12-20-13-8-11-15-14(2)18(19-3)17-10-7-6-9-16(15)17/h6-7,9-11,14,18H,8,12-13H2,1-3H3/b15-11+/t14-,18+/m1/s1. The maximum absolute atomic E-state index is 5.65. The maximum atomic E-state index is 5.65. The van der Waals surface area contributed by atoms with Gasteiger partial charge in [-0.2, -0.15) is 0 Å². The van der Waals surface area contributed by atoms with Gasteiger partial charge in [0.15, 0.2) is 0 Å². The monoisotopic (exact) mass is 270 g/mol. The molecule has 106 valence electrons. The summed E-state index contributed by atoms with van der Waals surface area (Å²) in [6.07, 6.45) is 3.36. The van der Waals surface area contributed by atoms with Crippen molar-refractivity contribution in [3.63, 3.8) is 0 Å². The summed E-state index contributed by atoms with van der Waals surface area (Å²) < 4.78 is 11.1. The predicted molar refractivity (Wildman–Crippen MR) is 82.2 cm³/mol. The van der Waals surface area contributed by atoms with Gasteiger partial charge in [-0.25, -0.2) is 0 Å². The third-order valence-corrected chi connectivity index (χ3v) is 3.75. The van der Waals surface area contributed by atoms with E-state index in [1.807, 2.05) is 6.92 Å². The van der Waals surface area contributed by atoms with Gasteiger partial charge in [-0.15, -0.1) is 5.92 Å². The van der Waals surface area contributed by atoms with Gasteiger partial charge in [-0.3, -0.25) is 0 Å². The highest BCUT2D eigenvalue weighted by Crippen LogP contribution is 2.45. The SMILES string of the molecule is CC#CCOCC/C=C1/c2ccccc2[C@@H](OC)[C@@H]1C. The van der Waals surface area contributed by atoms with Gasteiger partial charge in [0.2, 0.25) is 0 Å². The Kier molecular flexibility index (Phi) is 5.40. The van der Waals surface area contributed by atoms with E-state index < -0.39 is 0 Å². The average Bonchev–Trinajstić information content (AvgIpc) is 2.74. The van der Waals surface area contributed by atoms with Crippen LogP contribution in [0.4, 0.5) is 0 Å². The highest BCUT2D eigenvalue weighted by Gasteiger charge is 2.32. The summed E-state index contributed by atoms with van der Waals surface area (Å²) in [5.41, 5.74) is 3.99. The van der Waals surface area contributed by atoms with E-state index in [9.17, 15) is 0 Å². The molecule has 20 heavy (non-hydrogen) atoms. The molecule has 1 aliphatic carbocycles. The van der Waals surface area contributed by atoms with E-state index in [-0.39, 0.29) is 6.10 Å². The number of benzene rings is 1. The molecule has 1 aromatic carbocycles. The van der Waals surface area contributed by atoms with Crippen LogP contribution in [0.5, 0.6) is 0 Å². The molecule has 2 atom stereocenters. The fourth-order valence-corrected chi connectivity index (χ4v) is 2.81. The fourth-order valence-electron chi connectivity index (χ4n) is 2.81. The largest absolute Gasteiger partial charge is 0.376 e. The van der Waals surface area contributed by atoms with E-state index in [1.54, 1.807) is 7.11 Å². The smallest absolute Gasteiger partial charge is 0.107 e. The van der Waals surface area contributed by atoms with Crippen LogP contribution in [0, 0.1) is 17.8 Å². The molecule has 1 aliphatic rings. The summed E-state index contributed by atoms with van der Waals surface area (Å²) in [6, 6.07) is 8.51. The summed E-state index contributed by atoms with van der Waals surface area (Å²) in [5, 5.41) is 0. The second-order valence-electron chi connectivity index (χ2n) is 4.96. The lowest BCUT2D eigenvalue weighted by atomic mass is 9.99. The molecular formula is C18H22O2. The van der Waals surface area contributed by atoms with Gasteiger partial charge in [0.05, 0.1) is 12.7 Å². The van der Waals surface area contributed by atoms with Crippen LogP contribution in [0.25, 0.3) is 5.57 Å². The summed E-state index contributed by atoms with van der Waals surface area (Å²) in [5.74, 6) is 6.13. The lowest BCUT2D eigenvalue weighted by Crippen LogP contribution is -2.05. The van der Waals surface area contributed by atoms with Crippen molar-refractivity contribution in [1.29, 1.82) is 0 Å². The molecule has 2 nitrogen and oxygen atoms in total. The third kappa shape index (κ3) is 3.12. The van der Waals surface area contributed by atoms with Gasteiger partial charge in [0.25, 0.3) is 0 Å². The third-order valence-electron chi connectivity index (χ3n) is 3.75. The van der Waals surface area contributed by atoms with Gasteiger partial charge in [-0.1, -0.05) is 43.2 Å². The topological polar surface area (TPSA) is 18.5 Å². The molecule has 0 radical (unpaired) electrons. The number of ether oxygens (including phenoxy) is 2. The van der Waals surface area contributed by atoms with Crippen LogP contribution in [-0.4, -0.2) is 20.3 Å². The van der Waals surface area contributed by atoms with E-state index in [0.717, 1.165) is 6.42 Å². The van der Waals surface area contributed by atoms with Gasteiger partial charge in [0.1, 0.15) is 6.61 Å². The molecule has 0 saturated carbocycles. The number of fused-ring (bicyclic) bond motifs is 1. The molecule has 0 saturated heterocycles. The molecule has 0 aromatic heterocycles. The van der Waals surface area contributed by atoms with Crippen molar-refractivity contribution >= 4 is 5.57 Å². The minimum atomic E-state index is 0.171. The first-order valence-corrected chi connectivity index (χ1v) is 7.09. The second kappa shape index (κ2) is 7.28. The predicted octanol–water partition coefficient (Wildman–Crippen LogP) is 3.84. The number of methoxy groups -OCH3 is 1. The molecule has 0 N–H and O–H groups in total.